The number of rotatable bonds is 6. The Morgan fingerprint density at radius 2 is 1.64 bits per heavy atom. The molecule has 39 heavy (non-hydrogen) atoms. The average molecular weight is 570 g/mol. The zero-order chi connectivity index (χ0) is 27.6. The number of carbonyl (C=O) groups excluding carboxylic acids is 1. The maximum Gasteiger partial charge on any atom is 0.428 e. The summed E-state index contributed by atoms with van der Waals surface area (Å²) in [5.41, 5.74) is 2.06. The quantitative estimate of drug-likeness (QED) is 0.255. The second-order valence-electron chi connectivity index (χ2n) is 8.78. The van der Waals surface area contributed by atoms with Crippen molar-refractivity contribution in [2.75, 3.05) is 0 Å². The Morgan fingerprint density at radius 3 is 2.31 bits per heavy atom. The summed E-state index contributed by atoms with van der Waals surface area (Å²) in [5.74, 6) is -0.353. The van der Waals surface area contributed by atoms with Crippen molar-refractivity contribution in [3.8, 4) is 11.1 Å². The number of nitrogens with one attached hydrogen (secondary N) is 2. The first kappa shape index (κ1) is 26.7. The van der Waals surface area contributed by atoms with Gasteiger partial charge in [-0.1, -0.05) is 65.7 Å². The minimum atomic E-state index is -4.84. The summed E-state index contributed by atoms with van der Waals surface area (Å²) >= 11 is 12.0. The van der Waals surface area contributed by atoms with Gasteiger partial charge in [0.05, 0.1) is 17.9 Å². The summed E-state index contributed by atoms with van der Waals surface area (Å²) in [7, 11) is 0. The van der Waals surface area contributed by atoms with Crippen LogP contribution in [-0.2, 0) is 17.0 Å². The fraction of sp³-hybridized carbons (Fsp3) is 0.103. The van der Waals surface area contributed by atoms with Gasteiger partial charge in [0.25, 0.3) is 5.91 Å². The first-order valence-corrected chi connectivity index (χ1v) is 12.5. The highest BCUT2D eigenvalue weighted by Crippen LogP contribution is 2.48. The van der Waals surface area contributed by atoms with Crippen LogP contribution in [0.3, 0.4) is 0 Å². The molecule has 2 N–H and O–H groups in total. The van der Waals surface area contributed by atoms with Crippen molar-refractivity contribution in [2.24, 2.45) is 0 Å². The molecule has 0 fully saturated rings. The van der Waals surface area contributed by atoms with Crippen LogP contribution >= 0.6 is 23.2 Å². The predicted molar refractivity (Wildman–Crippen MR) is 144 cm³/mol. The minimum absolute atomic E-state index is 0.0407. The van der Waals surface area contributed by atoms with Crippen LogP contribution in [0.2, 0.25) is 10.0 Å². The molecule has 1 amide bonds. The van der Waals surface area contributed by atoms with E-state index in [4.69, 9.17) is 28.0 Å². The highest BCUT2D eigenvalue weighted by atomic mass is 35.5. The van der Waals surface area contributed by atoms with Crippen molar-refractivity contribution < 1.29 is 22.8 Å². The van der Waals surface area contributed by atoms with Crippen LogP contribution in [0.25, 0.3) is 16.8 Å². The van der Waals surface area contributed by atoms with Gasteiger partial charge in [-0.3, -0.25) is 20.1 Å². The lowest BCUT2D eigenvalue weighted by Crippen LogP contribution is -2.42. The molecular weight excluding hydrogens is 550 g/mol. The van der Waals surface area contributed by atoms with E-state index in [2.05, 4.69) is 15.8 Å². The van der Waals surface area contributed by atoms with Crippen LogP contribution in [0.15, 0.2) is 97.2 Å². The van der Waals surface area contributed by atoms with E-state index in [0.717, 1.165) is 18.2 Å². The summed E-state index contributed by atoms with van der Waals surface area (Å²) < 4.78 is 43.3. The van der Waals surface area contributed by atoms with Gasteiger partial charge >= 0.3 is 6.18 Å². The van der Waals surface area contributed by atoms with Gasteiger partial charge < -0.3 is 5.32 Å². The van der Waals surface area contributed by atoms with Crippen LogP contribution < -0.4 is 10.8 Å². The molecule has 5 rings (SSSR count). The van der Waals surface area contributed by atoms with Gasteiger partial charge in [-0.05, 0) is 59.7 Å². The molecule has 10 heteroatoms. The number of hydrogen-bond acceptors (Lipinski definition) is 4. The van der Waals surface area contributed by atoms with Gasteiger partial charge in [-0.2, -0.15) is 13.2 Å². The van der Waals surface area contributed by atoms with Gasteiger partial charge in [0.15, 0.2) is 0 Å². The Bertz CT molecular complexity index is 1530. The smallest absolute Gasteiger partial charge is 0.346 e. The molecule has 1 aliphatic rings. The molecule has 1 unspecified atom stereocenters. The number of amides is 1. The van der Waals surface area contributed by atoms with Crippen LogP contribution in [0.5, 0.6) is 0 Å². The maximum absolute atomic E-state index is 14.4. The van der Waals surface area contributed by atoms with Crippen LogP contribution in [0, 0.1) is 0 Å². The van der Waals surface area contributed by atoms with Gasteiger partial charge in [-0.25, -0.2) is 0 Å². The first-order valence-electron chi connectivity index (χ1n) is 11.7. The molecule has 198 valence electrons. The summed E-state index contributed by atoms with van der Waals surface area (Å²) in [6.45, 7) is 0.215. The van der Waals surface area contributed by atoms with Crippen molar-refractivity contribution in [2.45, 2.75) is 18.3 Å². The highest BCUT2D eigenvalue weighted by Gasteiger charge is 2.59. The molecule has 0 saturated heterocycles. The summed E-state index contributed by atoms with van der Waals surface area (Å²) in [6, 6.07) is 22.9. The molecule has 1 aliphatic heterocycles. The molecule has 1 atom stereocenters. The summed E-state index contributed by atoms with van der Waals surface area (Å²) in [5, 5.41) is 2.93. The molecule has 0 bridgehead atoms. The van der Waals surface area contributed by atoms with E-state index in [-0.39, 0.29) is 33.8 Å². The summed E-state index contributed by atoms with van der Waals surface area (Å²) in [6.07, 6.45) is -2.27. The Hall–Kier alpha value is -3.85. The highest BCUT2D eigenvalue weighted by molar-refractivity contribution is 6.34. The van der Waals surface area contributed by atoms with E-state index in [1.165, 1.54) is 6.07 Å². The molecule has 3 aromatic carbocycles. The van der Waals surface area contributed by atoms with E-state index < -0.39 is 11.8 Å². The molecule has 0 saturated carbocycles. The number of halogens is 5. The molecule has 5 nitrogen and oxygen atoms in total. The molecular formula is C29H20Cl2F3N3O2. The van der Waals surface area contributed by atoms with Gasteiger partial charge in [-0.15, -0.1) is 0 Å². The lowest BCUT2D eigenvalue weighted by Gasteiger charge is -2.28. The number of nitrogens with zero attached hydrogens (tertiary/aromatic N) is 1. The van der Waals surface area contributed by atoms with E-state index in [1.807, 2.05) is 36.4 Å². The second kappa shape index (κ2) is 10.7. The Labute approximate surface area is 232 Å². The number of carbonyl (C=O) groups is 1. The third kappa shape index (κ3) is 5.49. The van der Waals surface area contributed by atoms with Crippen molar-refractivity contribution in [1.82, 2.24) is 15.8 Å². The topological polar surface area (TPSA) is 63.2 Å². The number of aromatic nitrogens is 1. The standard InChI is InChI=1S/C29H20Cl2F3N3O2/c30-21-13-20(14-22(31)15-21)28(29(32,33)34)16-26(37-39-28)19-9-10-24(25(12-19)18-6-2-1-3-7-18)27(38)36-17-23-8-4-5-11-35-23/h1-16,37H,17H2,(H,36,38). The number of alkyl halides is 3. The normalized spacial score (nSPS) is 16.9. The van der Waals surface area contributed by atoms with E-state index in [9.17, 15) is 18.0 Å². The predicted octanol–water partition coefficient (Wildman–Crippen LogP) is 7.32. The zero-order valence-corrected chi connectivity index (χ0v) is 21.6. The number of hydroxylamine groups is 1. The molecule has 0 radical (unpaired) electrons. The van der Waals surface area contributed by atoms with E-state index in [1.54, 1.807) is 36.5 Å². The number of pyridine rings is 1. The largest absolute Gasteiger partial charge is 0.428 e. The van der Waals surface area contributed by atoms with Crippen LogP contribution in [0.1, 0.15) is 27.2 Å². The van der Waals surface area contributed by atoms with Gasteiger partial charge in [0.2, 0.25) is 5.60 Å². The SMILES string of the molecule is O=C(NCc1ccccn1)c1ccc(C2=CC(c3cc(Cl)cc(Cl)c3)(C(F)(F)F)ON2)cc1-c1ccccc1. The monoisotopic (exact) mass is 569 g/mol. The zero-order valence-electron chi connectivity index (χ0n) is 20.1. The Morgan fingerprint density at radius 1 is 0.923 bits per heavy atom. The molecule has 4 aromatic rings. The van der Waals surface area contributed by atoms with Crippen molar-refractivity contribution in [3.05, 3.63) is 130 Å². The van der Waals surface area contributed by atoms with Crippen molar-refractivity contribution in [3.63, 3.8) is 0 Å². The molecule has 0 aliphatic carbocycles. The lowest BCUT2D eigenvalue weighted by molar-refractivity contribution is -0.269. The van der Waals surface area contributed by atoms with Crippen LogP contribution in [0.4, 0.5) is 13.2 Å². The molecule has 0 spiro atoms. The maximum atomic E-state index is 14.4. The molecule has 1 aromatic heterocycles. The lowest BCUT2D eigenvalue weighted by atomic mass is 9.90. The minimum Gasteiger partial charge on any atom is -0.346 e. The third-order valence-corrected chi connectivity index (χ3v) is 6.63. The Balaban J connectivity index is 1.55. The number of benzene rings is 3. The van der Waals surface area contributed by atoms with E-state index >= 15 is 0 Å². The average Bonchev–Trinajstić information content (AvgIpc) is 3.39. The van der Waals surface area contributed by atoms with Crippen molar-refractivity contribution >= 4 is 34.8 Å². The third-order valence-electron chi connectivity index (χ3n) is 6.20. The number of hydrogen-bond donors (Lipinski definition) is 2. The van der Waals surface area contributed by atoms with Crippen LogP contribution in [-0.4, -0.2) is 17.1 Å². The van der Waals surface area contributed by atoms with E-state index in [0.29, 0.717) is 27.9 Å². The Kier molecular flexibility index (Phi) is 7.36. The fourth-order valence-electron chi connectivity index (χ4n) is 4.29. The first-order chi connectivity index (χ1) is 18.7. The van der Waals surface area contributed by atoms with Gasteiger partial charge in [0, 0.05) is 32.9 Å². The fourth-order valence-corrected chi connectivity index (χ4v) is 4.81. The second-order valence-corrected chi connectivity index (χ2v) is 9.66. The summed E-state index contributed by atoms with van der Waals surface area (Å²) in [4.78, 5) is 22.6. The van der Waals surface area contributed by atoms with Crippen molar-refractivity contribution in [1.29, 1.82) is 0 Å². The molecule has 2 heterocycles. The van der Waals surface area contributed by atoms with Gasteiger partial charge in [0.1, 0.15) is 0 Å².